The van der Waals surface area contributed by atoms with Crippen molar-refractivity contribution < 1.29 is 23.6 Å². The number of amides is 3. The molecule has 10 heteroatoms. The van der Waals surface area contributed by atoms with Crippen LogP contribution in [0.3, 0.4) is 0 Å². The van der Waals surface area contributed by atoms with E-state index in [-0.39, 0.29) is 31.2 Å². The van der Waals surface area contributed by atoms with Crippen LogP contribution in [-0.2, 0) is 11.2 Å². The van der Waals surface area contributed by atoms with Gasteiger partial charge in [-0.2, -0.15) is 5.26 Å². The van der Waals surface area contributed by atoms with Gasteiger partial charge in [0.25, 0.3) is 11.8 Å². The van der Waals surface area contributed by atoms with Crippen molar-refractivity contribution in [3.8, 4) is 11.8 Å². The molecule has 1 heterocycles. The molecule has 3 aromatic rings. The predicted molar refractivity (Wildman–Crippen MR) is 132 cm³/mol. The average Bonchev–Trinajstić information content (AvgIpc) is 3.36. The van der Waals surface area contributed by atoms with Crippen molar-refractivity contribution in [3.05, 3.63) is 77.2 Å². The van der Waals surface area contributed by atoms with Crippen molar-refractivity contribution >= 4 is 23.9 Å². The third kappa shape index (κ3) is 7.17. The molecule has 0 aliphatic rings. The van der Waals surface area contributed by atoms with E-state index in [9.17, 15) is 14.4 Å². The fourth-order valence-corrected chi connectivity index (χ4v) is 3.30. The van der Waals surface area contributed by atoms with Crippen LogP contribution in [0.1, 0.15) is 45.5 Å². The molecule has 0 aliphatic heterocycles. The number of carbonyl (C=O) groups excluding carboxylic acids is 3. The summed E-state index contributed by atoms with van der Waals surface area (Å²) in [7, 11) is 1.54. The van der Waals surface area contributed by atoms with E-state index in [2.05, 4.69) is 15.8 Å². The van der Waals surface area contributed by atoms with E-state index in [1.807, 2.05) is 36.4 Å². The number of carbonyl (C=O) groups is 3. The topological polar surface area (TPSA) is 138 Å². The molecule has 0 spiro atoms. The molecule has 1 aromatic heterocycles. The summed E-state index contributed by atoms with van der Waals surface area (Å²) < 4.78 is 11.1. The molecule has 36 heavy (non-hydrogen) atoms. The van der Waals surface area contributed by atoms with Gasteiger partial charge in [0.05, 0.1) is 24.2 Å². The van der Waals surface area contributed by atoms with Gasteiger partial charge >= 0.3 is 0 Å². The summed E-state index contributed by atoms with van der Waals surface area (Å²) >= 11 is 0. The number of nitriles is 1. The first kappa shape index (κ1) is 26.0. The van der Waals surface area contributed by atoms with E-state index >= 15 is 0 Å². The normalized spacial score (nSPS) is 11.1. The molecule has 2 aromatic carbocycles. The zero-order valence-corrected chi connectivity index (χ0v) is 20.1. The van der Waals surface area contributed by atoms with E-state index in [1.54, 1.807) is 25.1 Å². The number of hydrogen-bond acceptors (Lipinski definition) is 7. The molecule has 1 atom stereocenters. The summed E-state index contributed by atoms with van der Waals surface area (Å²) in [5.74, 6) is 0.181. The van der Waals surface area contributed by atoms with Crippen molar-refractivity contribution in [2.75, 3.05) is 25.1 Å². The van der Waals surface area contributed by atoms with Crippen LogP contribution in [0.5, 0.6) is 5.75 Å². The lowest BCUT2D eigenvalue weighted by atomic mass is 10.1. The van der Waals surface area contributed by atoms with Gasteiger partial charge in [0.2, 0.25) is 6.41 Å². The molecule has 0 bridgehead atoms. The van der Waals surface area contributed by atoms with Gasteiger partial charge in [-0.1, -0.05) is 35.5 Å². The van der Waals surface area contributed by atoms with Crippen molar-refractivity contribution in [2.45, 2.75) is 25.8 Å². The SMILES string of the molecule is C[C@H](COc1ccc(C(=O)NCCC#N)cc1N(C)C=O)NC(=O)c1cc(Cc2ccccc2)on1. The summed E-state index contributed by atoms with van der Waals surface area (Å²) in [5, 5.41) is 17.9. The Hall–Kier alpha value is -4.65. The fourth-order valence-electron chi connectivity index (χ4n) is 3.30. The number of nitrogens with zero attached hydrogens (tertiary/aromatic N) is 3. The standard InChI is InChI=1S/C26H27N5O5/c1-18(29-26(34)22-15-21(36-30-22)13-19-7-4-3-5-8-19)16-35-24-10-9-20(14-23(24)31(2)17-32)25(33)28-12-6-11-27/h3-5,7-10,14-15,17-18H,6,12-13,16H2,1-2H3,(H,28,33)(H,29,34)/t18-/m1/s1. The van der Waals surface area contributed by atoms with Gasteiger partial charge in [-0.25, -0.2) is 0 Å². The van der Waals surface area contributed by atoms with Crippen molar-refractivity contribution in [3.63, 3.8) is 0 Å². The minimum Gasteiger partial charge on any atom is -0.489 e. The number of ether oxygens (including phenoxy) is 1. The molecular formula is C26H27N5O5. The highest BCUT2D eigenvalue weighted by Crippen LogP contribution is 2.28. The Morgan fingerprint density at radius 1 is 1.19 bits per heavy atom. The fraction of sp³-hybridized carbons (Fsp3) is 0.269. The maximum absolute atomic E-state index is 12.6. The van der Waals surface area contributed by atoms with Gasteiger partial charge in [-0.15, -0.1) is 0 Å². The Labute approximate surface area is 208 Å². The van der Waals surface area contributed by atoms with Gasteiger partial charge in [-0.3, -0.25) is 14.4 Å². The molecule has 0 aliphatic carbocycles. The first-order chi connectivity index (χ1) is 17.4. The lowest BCUT2D eigenvalue weighted by molar-refractivity contribution is -0.107. The van der Waals surface area contributed by atoms with E-state index in [4.69, 9.17) is 14.5 Å². The molecular weight excluding hydrogens is 462 g/mol. The third-order valence-electron chi connectivity index (χ3n) is 5.16. The Morgan fingerprint density at radius 2 is 1.97 bits per heavy atom. The monoisotopic (exact) mass is 489 g/mol. The average molecular weight is 490 g/mol. The van der Waals surface area contributed by atoms with Crippen LogP contribution >= 0.6 is 0 Å². The van der Waals surface area contributed by atoms with Crippen molar-refractivity contribution in [1.82, 2.24) is 15.8 Å². The summed E-state index contributed by atoms with van der Waals surface area (Å²) in [6.07, 6.45) is 1.32. The van der Waals surface area contributed by atoms with Crippen molar-refractivity contribution in [2.24, 2.45) is 0 Å². The van der Waals surface area contributed by atoms with Crippen LogP contribution in [0.4, 0.5) is 5.69 Å². The molecule has 0 fully saturated rings. The smallest absolute Gasteiger partial charge is 0.273 e. The van der Waals surface area contributed by atoms with E-state index in [0.29, 0.717) is 35.6 Å². The lowest BCUT2D eigenvalue weighted by Gasteiger charge is -2.20. The molecule has 3 rings (SSSR count). The molecule has 0 unspecified atom stereocenters. The molecule has 2 N–H and O–H groups in total. The number of benzene rings is 2. The summed E-state index contributed by atoms with van der Waals surface area (Å²) in [6, 6.07) is 17.5. The number of anilines is 1. The molecule has 0 radical (unpaired) electrons. The van der Waals surface area contributed by atoms with Crippen LogP contribution in [0.2, 0.25) is 0 Å². The molecule has 0 saturated carbocycles. The van der Waals surface area contributed by atoms with E-state index < -0.39 is 11.9 Å². The molecule has 3 amide bonds. The third-order valence-corrected chi connectivity index (χ3v) is 5.16. The number of nitrogens with one attached hydrogen (secondary N) is 2. The second kappa shape index (κ2) is 12.7. The number of aromatic nitrogens is 1. The maximum atomic E-state index is 12.6. The van der Waals surface area contributed by atoms with E-state index in [1.165, 1.54) is 18.0 Å². The lowest BCUT2D eigenvalue weighted by Crippen LogP contribution is -2.37. The van der Waals surface area contributed by atoms with Crippen molar-refractivity contribution in [1.29, 1.82) is 5.26 Å². The highest BCUT2D eigenvalue weighted by Gasteiger charge is 2.18. The largest absolute Gasteiger partial charge is 0.489 e. The van der Waals surface area contributed by atoms with Crippen LogP contribution in [0, 0.1) is 11.3 Å². The highest BCUT2D eigenvalue weighted by molar-refractivity contribution is 5.96. The van der Waals surface area contributed by atoms with Gasteiger partial charge in [0.15, 0.2) is 5.69 Å². The first-order valence-corrected chi connectivity index (χ1v) is 11.3. The Morgan fingerprint density at radius 3 is 2.69 bits per heavy atom. The highest BCUT2D eigenvalue weighted by atomic mass is 16.5. The second-order valence-electron chi connectivity index (χ2n) is 8.09. The van der Waals surface area contributed by atoms with Gasteiger partial charge in [0.1, 0.15) is 18.1 Å². The van der Waals surface area contributed by atoms with Crippen LogP contribution < -0.4 is 20.3 Å². The summed E-state index contributed by atoms with van der Waals surface area (Å²) in [5.41, 5.74) is 1.92. The Kier molecular flexibility index (Phi) is 9.17. The number of hydrogen-bond donors (Lipinski definition) is 2. The summed E-state index contributed by atoms with van der Waals surface area (Å²) in [6.45, 7) is 2.10. The van der Waals surface area contributed by atoms with Gasteiger partial charge in [-0.05, 0) is 30.7 Å². The molecule has 186 valence electrons. The molecule has 0 saturated heterocycles. The first-order valence-electron chi connectivity index (χ1n) is 11.3. The maximum Gasteiger partial charge on any atom is 0.273 e. The summed E-state index contributed by atoms with van der Waals surface area (Å²) in [4.78, 5) is 37.5. The van der Waals surface area contributed by atoms with Crippen LogP contribution in [0.25, 0.3) is 0 Å². The zero-order valence-electron chi connectivity index (χ0n) is 20.1. The van der Waals surface area contributed by atoms with E-state index in [0.717, 1.165) is 5.56 Å². The minimum atomic E-state index is -0.399. The van der Waals surface area contributed by atoms with Gasteiger partial charge < -0.3 is 24.8 Å². The Bertz CT molecular complexity index is 1240. The number of rotatable bonds is 12. The Balaban J connectivity index is 1.59. The minimum absolute atomic E-state index is 0.105. The van der Waals surface area contributed by atoms with Crippen LogP contribution in [0.15, 0.2) is 59.1 Å². The second-order valence-corrected chi connectivity index (χ2v) is 8.09. The molecule has 10 nitrogen and oxygen atoms in total. The van der Waals surface area contributed by atoms with Gasteiger partial charge in [0, 0.05) is 31.6 Å². The quantitative estimate of drug-likeness (QED) is 0.295. The zero-order chi connectivity index (χ0) is 25.9. The predicted octanol–water partition coefficient (Wildman–Crippen LogP) is 2.70. The van der Waals surface area contributed by atoms with Crippen LogP contribution in [-0.4, -0.2) is 49.6 Å².